The molecule has 3 heterocycles. The number of nitrogens with zero attached hydrogens (tertiary/aromatic N) is 3. The SMILES string of the molecule is CC1(C)C(c2ccc(C(=O)O)cc2)=CC[C@]2(C)CN(C(=O)C(=O)N3CCC[C@H]3C(=O)NCCCN3CCS(=O)(=O)CC3)CC[C@@H]12. The van der Waals surface area contributed by atoms with Gasteiger partial charge in [0.1, 0.15) is 6.04 Å². The minimum atomic E-state index is -2.93. The fourth-order valence-corrected chi connectivity index (χ4v) is 9.36. The van der Waals surface area contributed by atoms with Gasteiger partial charge in [-0.1, -0.05) is 39.0 Å². The smallest absolute Gasteiger partial charge is 0.335 e. The van der Waals surface area contributed by atoms with E-state index in [0.29, 0.717) is 65.1 Å². The topological polar surface area (TPSA) is 144 Å². The molecule has 0 aromatic heterocycles. The van der Waals surface area contributed by atoms with Crippen LogP contribution >= 0.6 is 0 Å². The molecule has 0 bridgehead atoms. The number of hydrogen-bond acceptors (Lipinski definition) is 7. The average molecular weight is 643 g/mol. The third-order valence-electron chi connectivity index (χ3n) is 10.5. The number of piperidine rings is 1. The number of hydrogen-bond donors (Lipinski definition) is 2. The van der Waals surface area contributed by atoms with Crippen molar-refractivity contribution in [3.63, 3.8) is 0 Å². The van der Waals surface area contributed by atoms with E-state index in [1.807, 2.05) is 12.1 Å². The molecule has 11 nitrogen and oxygen atoms in total. The number of likely N-dealkylation sites (tertiary alicyclic amines) is 2. The maximum atomic E-state index is 13.6. The van der Waals surface area contributed by atoms with Crippen LogP contribution in [0.15, 0.2) is 30.3 Å². The summed E-state index contributed by atoms with van der Waals surface area (Å²) in [5, 5.41) is 12.2. The van der Waals surface area contributed by atoms with Crippen molar-refractivity contribution < 1.29 is 32.7 Å². The second kappa shape index (κ2) is 12.9. The van der Waals surface area contributed by atoms with E-state index in [1.165, 1.54) is 10.5 Å². The van der Waals surface area contributed by atoms with Gasteiger partial charge < -0.3 is 25.1 Å². The van der Waals surface area contributed by atoms with Gasteiger partial charge in [-0.2, -0.15) is 0 Å². The highest BCUT2D eigenvalue weighted by Gasteiger charge is 2.52. The van der Waals surface area contributed by atoms with E-state index < -0.39 is 33.7 Å². The van der Waals surface area contributed by atoms with Gasteiger partial charge in [0.2, 0.25) is 5.91 Å². The summed E-state index contributed by atoms with van der Waals surface area (Å²) in [6.45, 7) is 10.0. The number of carboxylic acid groups (broad SMARTS) is 1. The molecule has 4 aliphatic rings. The molecule has 5 rings (SSSR count). The number of allylic oxidation sites excluding steroid dienone is 2. The first kappa shape index (κ1) is 33.1. The van der Waals surface area contributed by atoms with Crippen molar-refractivity contribution in [3.05, 3.63) is 41.5 Å². The van der Waals surface area contributed by atoms with E-state index in [4.69, 9.17) is 0 Å². The van der Waals surface area contributed by atoms with E-state index in [9.17, 15) is 32.7 Å². The molecule has 45 heavy (non-hydrogen) atoms. The average Bonchev–Trinajstić information content (AvgIpc) is 3.49. The fraction of sp³-hybridized carbons (Fsp3) is 0.636. The Bertz CT molecular complexity index is 1460. The molecule has 3 atom stereocenters. The van der Waals surface area contributed by atoms with E-state index in [2.05, 4.69) is 37.1 Å². The van der Waals surface area contributed by atoms with E-state index in [0.717, 1.165) is 18.4 Å². The molecule has 12 heteroatoms. The molecule has 3 amide bonds. The second-order valence-electron chi connectivity index (χ2n) is 13.9. The Morgan fingerprint density at radius 2 is 1.64 bits per heavy atom. The first-order chi connectivity index (χ1) is 21.2. The molecule has 3 aliphatic heterocycles. The van der Waals surface area contributed by atoms with Gasteiger partial charge in [-0.3, -0.25) is 14.4 Å². The summed E-state index contributed by atoms with van der Waals surface area (Å²) in [6, 6.07) is 6.33. The lowest BCUT2D eigenvalue weighted by Crippen LogP contribution is -2.58. The minimum Gasteiger partial charge on any atom is -0.478 e. The summed E-state index contributed by atoms with van der Waals surface area (Å²) in [5.41, 5.74) is 1.97. The Hall–Kier alpha value is -3.25. The van der Waals surface area contributed by atoms with Crippen LogP contribution in [0.4, 0.5) is 0 Å². The quantitative estimate of drug-likeness (QED) is 0.341. The summed E-state index contributed by atoms with van der Waals surface area (Å²) in [5.74, 6) is -1.77. The molecule has 0 unspecified atom stereocenters. The lowest BCUT2D eigenvalue weighted by molar-refractivity contribution is -0.157. The Kier molecular flexibility index (Phi) is 9.47. The predicted octanol–water partition coefficient (Wildman–Crippen LogP) is 2.28. The number of benzene rings is 1. The van der Waals surface area contributed by atoms with Gasteiger partial charge >= 0.3 is 17.8 Å². The molecule has 1 aromatic rings. The van der Waals surface area contributed by atoms with Crippen LogP contribution in [0, 0.1) is 16.7 Å². The zero-order valence-electron chi connectivity index (χ0n) is 26.6. The standard InChI is InChI=1S/C33H46N4O7S/c1-32(2)25(23-7-9-24(10-8-23)31(41)42)11-13-33(3)22-36(17-12-27(32)33)29(39)30(40)37-16-4-6-26(37)28(38)34-14-5-15-35-18-20-45(43,44)21-19-35/h7-11,26-27H,4-6,12-22H2,1-3H3,(H,34,38)(H,41,42)/t26-,27-,33+/m0/s1. The van der Waals surface area contributed by atoms with Crippen LogP contribution in [0.2, 0.25) is 0 Å². The van der Waals surface area contributed by atoms with Crippen molar-refractivity contribution >= 4 is 39.1 Å². The summed E-state index contributed by atoms with van der Waals surface area (Å²) < 4.78 is 23.3. The molecule has 0 radical (unpaired) electrons. The summed E-state index contributed by atoms with van der Waals surface area (Å²) in [7, 11) is -2.93. The fourth-order valence-electron chi connectivity index (χ4n) is 8.09. The van der Waals surface area contributed by atoms with Gasteiger partial charge in [-0.15, -0.1) is 0 Å². The molecule has 246 valence electrons. The zero-order valence-corrected chi connectivity index (χ0v) is 27.4. The van der Waals surface area contributed by atoms with Crippen LogP contribution in [-0.2, 0) is 24.2 Å². The molecule has 0 saturated carbocycles. The molecule has 3 fully saturated rings. The first-order valence-electron chi connectivity index (χ1n) is 16.1. The highest BCUT2D eigenvalue weighted by Crippen LogP contribution is 2.57. The minimum absolute atomic E-state index is 0.170. The molecule has 1 aromatic carbocycles. The Morgan fingerprint density at radius 1 is 0.956 bits per heavy atom. The van der Waals surface area contributed by atoms with Crippen molar-refractivity contribution in [2.75, 3.05) is 57.3 Å². The van der Waals surface area contributed by atoms with Crippen LogP contribution in [0.5, 0.6) is 0 Å². The van der Waals surface area contributed by atoms with Crippen LogP contribution < -0.4 is 5.32 Å². The number of carboxylic acids is 1. The van der Waals surface area contributed by atoms with Gasteiger partial charge in [0, 0.05) is 39.3 Å². The normalized spacial score (nSPS) is 27.8. The van der Waals surface area contributed by atoms with Crippen LogP contribution in [-0.4, -0.2) is 115 Å². The number of rotatable bonds is 7. The maximum absolute atomic E-state index is 13.6. The first-order valence-corrected chi connectivity index (χ1v) is 17.9. The summed E-state index contributed by atoms with van der Waals surface area (Å²) in [4.78, 5) is 56.6. The van der Waals surface area contributed by atoms with Gasteiger partial charge in [0.15, 0.2) is 9.84 Å². The largest absolute Gasteiger partial charge is 0.478 e. The second-order valence-corrected chi connectivity index (χ2v) is 16.2. The number of amides is 3. The molecular weight excluding hydrogens is 596 g/mol. The van der Waals surface area contributed by atoms with Crippen molar-refractivity contribution in [2.45, 2.75) is 58.9 Å². The van der Waals surface area contributed by atoms with Crippen molar-refractivity contribution in [2.24, 2.45) is 16.7 Å². The molecule has 2 N–H and O–H groups in total. The van der Waals surface area contributed by atoms with Crippen LogP contribution in [0.1, 0.15) is 68.8 Å². The van der Waals surface area contributed by atoms with Gasteiger partial charge in [0.25, 0.3) is 0 Å². The summed E-state index contributed by atoms with van der Waals surface area (Å²) >= 11 is 0. The number of carbonyl (C=O) groups is 4. The third kappa shape index (κ3) is 6.96. The van der Waals surface area contributed by atoms with Crippen molar-refractivity contribution in [1.29, 1.82) is 0 Å². The third-order valence-corrected chi connectivity index (χ3v) is 12.1. The van der Waals surface area contributed by atoms with Gasteiger partial charge in [-0.25, -0.2) is 13.2 Å². The maximum Gasteiger partial charge on any atom is 0.335 e. The molecule has 0 spiro atoms. The molecule has 3 saturated heterocycles. The Balaban J connectivity index is 1.17. The number of carbonyl (C=O) groups excluding carboxylic acids is 3. The van der Waals surface area contributed by atoms with Crippen LogP contribution in [0.25, 0.3) is 5.57 Å². The van der Waals surface area contributed by atoms with E-state index in [-0.39, 0.29) is 39.7 Å². The highest BCUT2D eigenvalue weighted by atomic mass is 32.2. The van der Waals surface area contributed by atoms with Crippen LogP contribution in [0.3, 0.4) is 0 Å². The van der Waals surface area contributed by atoms with Crippen molar-refractivity contribution in [3.8, 4) is 0 Å². The molecular formula is C33H46N4O7S. The highest BCUT2D eigenvalue weighted by molar-refractivity contribution is 7.91. The Morgan fingerprint density at radius 3 is 2.31 bits per heavy atom. The predicted molar refractivity (Wildman–Crippen MR) is 170 cm³/mol. The lowest BCUT2D eigenvalue weighted by atomic mass is 9.53. The van der Waals surface area contributed by atoms with E-state index in [1.54, 1.807) is 17.0 Å². The zero-order chi connectivity index (χ0) is 32.6. The molecule has 1 aliphatic carbocycles. The van der Waals surface area contributed by atoms with Crippen molar-refractivity contribution in [1.82, 2.24) is 20.0 Å². The number of aromatic carboxylic acids is 1. The monoisotopic (exact) mass is 642 g/mol. The van der Waals surface area contributed by atoms with Gasteiger partial charge in [-0.05, 0) is 78.7 Å². The lowest BCUT2D eigenvalue weighted by Gasteiger charge is -2.55. The number of sulfone groups is 1. The van der Waals surface area contributed by atoms with Gasteiger partial charge in [0.05, 0.1) is 17.1 Å². The number of fused-ring (bicyclic) bond motifs is 1. The Labute approximate surface area is 265 Å². The number of nitrogens with one attached hydrogen (secondary N) is 1. The summed E-state index contributed by atoms with van der Waals surface area (Å²) in [6.07, 6.45) is 5.53. The van der Waals surface area contributed by atoms with E-state index >= 15 is 0 Å².